The molecule has 0 spiro atoms. The van der Waals surface area contributed by atoms with Crippen molar-refractivity contribution in [1.82, 2.24) is 10.2 Å². The molecular weight excluding hydrogens is 182 g/mol. The van der Waals surface area contributed by atoms with Gasteiger partial charge in [0, 0.05) is 20.1 Å². The summed E-state index contributed by atoms with van der Waals surface area (Å²) in [4.78, 5) is 24.0. The molecule has 0 bridgehead atoms. The first-order chi connectivity index (χ1) is 6.31. The Hall–Kier alpha value is -1.10. The molecule has 0 aliphatic heterocycles. The molecule has 0 rings (SSSR count). The smallest absolute Gasteiger partial charge is 0.317 e. The van der Waals surface area contributed by atoms with Crippen molar-refractivity contribution in [2.45, 2.75) is 26.3 Å². The summed E-state index contributed by atoms with van der Waals surface area (Å²) in [6.45, 7) is 5.67. The zero-order chi connectivity index (χ0) is 11.4. The monoisotopic (exact) mass is 201 g/mol. The Morgan fingerprint density at radius 3 is 2.29 bits per heavy atom. The van der Waals surface area contributed by atoms with Crippen LogP contribution in [0.1, 0.15) is 20.8 Å². The number of urea groups is 1. The minimum absolute atomic E-state index is 0.0769. The molecule has 14 heavy (non-hydrogen) atoms. The van der Waals surface area contributed by atoms with E-state index in [2.05, 4.69) is 5.32 Å². The normalized spacial score (nSPS) is 10.9. The molecule has 82 valence electrons. The van der Waals surface area contributed by atoms with Crippen molar-refractivity contribution in [1.29, 1.82) is 0 Å². The van der Waals surface area contributed by atoms with Crippen LogP contribution >= 0.6 is 0 Å². The second-order valence-electron chi connectivity index (χ2n) is 3.82. The van der Waals surface area contributed by atoms with Crippen molar-refractivity contribution < 1.29 is 9.59 Å². The quantitative estimate of drug-likeness (QED) is 0.670. The van der Waals surface area contributed by atoms with Gasteiger partial charge in [0.2, 0.25) is 0 Å². The molecule has 2 amide bonds. The molecule has 0 aromatic carbocycles. The number of rotatable bonds is 4. The van der Waals surface area contributed by atoms with Crippen molar-refractivity contribution in [2.24, 2.45) is 5.73 Å². The minimum atomic E-state index is -0.820. The van der Waals surface area contributed by atoms with Gasteiger partial charge in [0.05, 0.1) is 5.54 Å². The van der Waals surface area contributed by atoms with Gasteiger partial charge in [0.25, 0.3) is 0 Å². The number of carbonyl (C=O) groups is 2. The Bertz CT molecular complexity index is 226. The van der Waals surface area contributed by atoms with Crippen LogP contribution in [-0.2, 0) is 4.79 Å². The number of hydrogen-bond acceptors (Lipinski definition) is 3. The molecule has 0 unspecified atom stereocenters. The van der Waals surface area contributed by atoms with E-state index < -0.39 is 5.54 Å². The van der Waals surface area contributed by atoms with E-state index in [1.54, 1.807) is 20.9 Å². The van der Waals surface area contributed by atoms with Crippen molar-refractivity contribution in [3.05, 3.63) is 0 Å². The van der Waals surface area contributed by atoms with E-state index in [-0.39, 0.29) is 11.8 Å². The first-order valence-electron chi connectivity index (χ1n) is 4.55. The van der Waals surface area contributed by atoms with E-state index in [9.17, 15) is 9.59 Å². The largest absolute Gasteiger partial charge is 0.329 e. The van der Waals surface area contributed by atoms with Crippen LogP contribution in [0.4, 0.5) is 4.79 Å². The lowest BCUT2D eigenvalue weighted by molar-refractivity contribution is -0.121. The van der Waals surface area contributed by atoms with E-state index in [1.165, 1.54) is 11.8 Å². The molecule has 0 atom stereocenters. The molecule has 5 heteroatoms. The number of carbonyl (C=O) groups excluding carboxylic acids is 2. The van der Waals surface area contributed by atoms with Crippen LogP contribution in [-0.4, -0.2) is 42.4 Å². The first-order valence-corrected chi connectivity index (χ1v) is 4.55. The number of nitrogens with one attached hydrogen (secondary N) is 1. The zero-order valence-electron chi connectivity index (χ0n) is 9.26. The first kappa shape index (κ1) is 12.9. The Balaban J connectivity index is 4.24. The van der Waals surface area contributed by atoms with Crippen LogP contribution in [0.15, 0.2) is 0 Å². The van der Waals surface area contributed by atoms with Gasteiger partial charge >= 0.3 is 6.03 Å². The Kier molecular flexibility index (Phi) is 4.56. The highest BCUT2D eigenvalue weighted by Gasteiger charge is 2.26. The number of likely N-dealkylation sites (N-methyl/N-ethyl adjacent to an activating group) is 1. The molecule has 0 fully saturated rings. The standard InChI is InChI=1S/C9H19N3O2/c1-7(13)9(2,3)11-8(14)12(4)6-5-10/h5-6,10H2,1-4H3,(H,11,14). The maximum atomic E-state index is 11.5. The average Bonchev–Trinajstić information content (AvgIpc) is 2.03. The number of amides is 2. The fourth-order valence-electron chi connectivity index (χ4n) is 0.746. The summed E-state index contributed by atoms with van der Waals surface area (Å²) < 4.78 is 0. The summed E-state index contributed by atoms with van der Waals surface area (Å²) in [6, 6.07) is -0.282. The van der Waals surface area contributed by atoms with Crippen LogP contribution in [0, 0.1) is 0 Å². The zero-order valence-corrected chi connectivity index (χ0v) is 9.26. The van der Waals surface area contributed by atoms with Gasteiger partial charge in [-0.15, -0.1) is 0 Å². The van der Waals surface area contributed by atoms with Crippen molar-refractivity contribution in [3.63, 3.8) is 0 Å². The van der Waals surface area contributed by atoms with Crippen LogP contribution in [0.25, 0.3) is 0 Å². The summed E-state index contributed by atoms with van der Waals surface area (Å²) in [6.07, 6.45) is 0. The number of Topliss-reactive ketones (excluding diaryl/α,β-unsaturated/α-hetero) is 1. The van der Waals surface area contributed by atoms with E-state index in [4.69, 9.17) is 5.73 Å². The van der Waals surface area contributed by atoms with E-state index in [0.717, 1.165) is 0 Å². The molecular formula is C9H19N3O2. The molecule has 0 radical (unpaired) electrons. The third kappa shape index (κ3) is 3.74. The van der Waals surface area contributed by atoms with Crippen LogP contribution in [0.5, 0.6) is 0 Å². The average molecular weight is 201 g/mol. The lowest BCUT2D eigenvalue weighted by Crippen LogP contribution is -2.53. The Morgan fingerprint density at radius 2 is 1.93 bits per heavy atom. The minimum Gasteiger partial charge on any atom is -0.329 e. The predicted molar refractivity (Wildman–Crippen MR) is 55.0 cm³/mol. The van der Waals surface area contributed by atoms with E-state index in [1.807, 2.05) is 0 Å². The summed E-state index contributed by atoms with van der Waals surface area (Å²) in [7, 11) is 1.64. The molecule has 3 N–H and O–H groups in total. The highest BCUT2D eigenvalue weighted by Crippen LogP contribution is 2.03. The summed E-state index contributed by atoms with van der Waals surface area (Å²) in [5, 5.41) is 2.62. The van der Waals surface area contributed by atoms with Gasteiger partial charge in [0.1, 0.15) is 0 Å². The molecule has 0 heterocycles. The highest BCUT2D eigenvalue weighted by molar-refractivity contribution is 5.90. The molecule has 0 aromatic rings. The molecule has 0 aromatic heterocycles. The van der Waals surface area contributed by atoms with Crippen LogP contribution < -0.4 is 11.1 Å². The molecule has 5 nitrogen and oxygen atoms in total. The lowest BCUT2D eigenvalue weighted by Gasteiger charge is -2.26. The number of nitrogens with zero attached hydrogens (tertiary/aromatic N) is 1. The van der Waals surface area contributed by atoms with Crippen molar-refractivity contribution in [2.75, 3.05) is 20.1 Å². The highest BCUT2D eigenvalue weighted by atomic mass is 16.2. The fourth-order valence-corrected chi connectivity index (χ4v) is 0.746. The molecule has 0 saturated heterocycles. The topological polar surface area (TPSA) is 75.4 Å². The Morgan fingerprint density at radius 1 is 1.43 bits per heavy atom. The summed E-state index contributed by atoms with van der Waals surface area (Å²) in [5.41, 5.74) is 4.48. The van der Waals surface area contributed by atoms with Gasteiger partial charge in [0.15, 0.2) is 5.78 Å². The third-order valence-electron chi connectivity index (χ3n) is 2.11. The van der Waals surface area contributed by atoms with Gasteiger partial charge in [-0.2, -0.15) is 0 Å². The summed E-state index contributed by atoms with van der Waals surface area (Å²) >= 11 is 0. The van der Waals surface area contributed by atoms with E-state index >= 15 is 0 Å². The maximum absolute atomic E-state index is 11.5. The SMILES string of the molecule is CC(=O)C(C)(C)NC(=O)N(C)CCN. The lowest BCUT2D eigenvalue weighted by atomic mass is 10.0. The van der Waals surface area contributed by atoms with Crippen molar-refractivity contribution in [3.8, 4) is 0 Å². The molecule has 0 saturated carbocycles. The second kappa shape index (κ2) is 4.95. The van der Waals surface area contributed by atoms with Gasteiger partial charge < -0.3 is 16.0 Å². The van der Waals surface area contributed by atoms with Gasteiger partial charge in [-0.3, -0.25) is 4.79 Å². The van der Waals surface area contributed by atoms with Crippen LogP contribution in [0.2, 0.25) is 0 Å². The maximum Gasteiger partial charge on any atom is 0.317 e. The van der Waals surface area contributed by atoms with Gasteiger partial charge in [-0.25, -0.2) is 4.79 Å². The van der Waals surface area contributed by atoms with Gasteiger partial charge in [-0.1, -0.05) is 0 Å². The predicted octanol–water partition coefficient (Wildman–Crippen LogP) is -0.0459. The number of ketones is 1. The number of hydrogen-bond donors (Lipinski definition) is 2. The van der Waals surface area contributed by atoms with Crippen molar-refractivity contribution >= 4 is 11.8 Å². The number of nitrogens with two attached hydrogens (primary N) is 1. The van der Waals surface area contributed by atoms with Gasteiger partial charge in [-0.05, 0) is 20.8 Å². The second-order valence-corrected chi connectivity index (χ2v) is 3.82. The Labute approximate surface area is 84.6 Å². The fraction of sp³-hybridized carbons (Fsp3) is 0.778. The molecule has 0 aliphatic rings. The van der Waals surface area contributed by atoms with E-state index in [0.29, 0.717) is 13.1 Å². The third-order valence-corrected chi connectivity index (χ3v) is 2.11. The summed E-state index contributed by atoms with van der Waals surface area (Å²) in [5.74, 6) is -0.0769. The molecule has 0 aliphatic carbocycles. The van der Waals surface area contributed by atoms with Crippen LogP contribution in [0.3, 0.4) is 0 Å².